The van der Waals surface area contributed by atoms with Crippen LogP contribution < -0.4 is 4.90 Å². The molecule has 0 amide bonds. The van der Waals surface area contributed by atoms with Crippen LogP contribution in [-0.2, 0) is 0 Å². The monoisotopic (exact) mass is 285 g/mol. The van der Waals surface area contributed by atoms with E-state index in [2.05, 4.69) is 47.7 Å². The van der Waals surface area contributed by atoms with Gasteiger partial charge < -0.3 is 10.0 Å². The van der Waals surface area contributed by atoms with Crippen LogP contribution in [0, 0.1) is 0 Å². The van der Waals surface area contributed by atoms with Crippen molar-refractivity contribution in [3.05, 3.63) is 28.2 Å². The normalized spacial score (nSPS) is 12.9. The Bertz CT molecular complexity index is 350. The van der Waals surface area contributed by atoms with Crippen molar-refractivity contribution in [2.75, 3.05) is 11.4 Å². The first-order valence-electron chi connectivity index (χ1n) is 5.71. The highest BCUT2D eigenvalue weighted by Crippen LogP contribution is 2.30. The quantitative estimate of drug-likeness (QED) is 0.911. The molecule has 0 aromatic heterocycles. The molecule has 0 saturated carbocycles. The Morgan fingerprint density at radius 1 is 1.31 bits per heavy atom. The molecule has 1 aromatic rings. The molecular weight excluding hydrogens is 266 g/mol. The SMILES string of the molecule is CCN(c1ccc(Br)cc1C(C)O)C(C)C. The smallest absolute Gasteiger partial charge is 0.0782 e. The van der Waals surface area contributed by atoms with Crippen molar-refractivity contribution < 1.29 is 5.11 Å². The predicted octanol–water partition coefficient (Wildman–Crippen LogP) is 3.74. The maximum Gasteiger partial charge on any atom is 0.0782 e. The Balaban J connectivity index is 3.20. The third kappa shape index (κ3) is 2.98. The summed E-state index contributed by atoms with van der Waals surface area (Å²) in [4.78, 5) is 2.29. The summed E-state index contributed by atoms with van der Waals surface area (Å²) in [5, 5.41) is 9.81. The number of halogens is 1. The molecule has 1 N–H and O–H groups in total. The van der Waals surface area contributed by atoms with E-state index in [-0.39, 0.29) is 0 Å². The Morgan fingerprint density at radius 3 is 2.38 bits per heavy atom. The van der Waals surface area contributed by atoms with Crippen molar-refractivity contribution in [1.82, 2.24) is 0 Å². The fourth-order valence-corrected chi connectivity index (χ4v) is 2.31. The molecule has 1 unspecified atom stereocenters. The molecule has 0 bridgehead atoms. The summed E-state index contributed by atoms with van der Waals surface area (Å²) >= 11 is 3.44. The van der Waals surface area contributed by atoms with Crippen LogP contribution in [0.5, 0.6) is 0 Å². The van der Waals surface area contributed by atoms with Gasteiger partial charge in [-0.2, -0.15) is 0 Å². The fraction of sp³-hybridized carbons (Fsp3) is 0.538. The molecule has 0 spiro atoms. The molecule has 0 aliphatic carbocycles. The van der Waals surface area contributed by atoms with Crippen LogP contribution in [-0.4, -0.2) is 17.7 Å². The molecule has 0 fully saturated rings. The van der Waals surface area contributed by atoms with Gasteiger partial charge in [0.15, 0.2) is 0 Å². The van der Waals surface area contributed by atoms with Crippen molar-refractivity contribution in [3.63, 3.8) is 0 Å². The zero-order valence-corrected chi connectivity index (χ0v) is 12.0. The largest absolute Gasteiger partial charge is 0.389 e. The van der Waals surface area contributed by atoms with Gasteiger partial charge in [0.1, 0.15) is 0 Å². The lowest BCUT2D eigenvalue weighted by molar-refractivity contribution is 0.199. The summed E-state index contributed by atoms with van der Waals surface area (Å²) < 4.78 is 1.01. The number of rotatable bonds is 4. The van der Waals surface area contributed by atoms with Crippen molar-refractivity contribution in [1.29, 1.82) is 0 Å². The van der Waals surface area contributed by atoms with Crippen molar-refractivity contribution in [2.24, 2.45) is 0 Å². The second-order valence-electron chi connectivity index (χ2n) is 4.26. The van der Waals surface area contributed by atoms with Gasteiger partial charge in [-0.3, -0.25) is 0 Å². The van der Waals surface area contributed by atoms with E-state index < -0.39 is 6.10 Å². The number of anilines is 1. The number of aliphatic hydroxyl groups excluding tert-OH is 1. The standard InChI is InChI=1S/C13H20BrNO/c1-5-15(9(2)3)13-7-6-11(14)8-12(13)10(4)16/h6-10,16H,5H2,1-4H3. The van der Waals surface area contributed by atoms with E-state index in [0.717, 1.165) is 22.3 Å². The molecule has 2 nitrogen and oxygen atoms in total. The number of aliphatic hydroxyl groups is 1. The van der Waals surface area contributed by atoms with Crippen LogP contribution >= 0.6 is 15.9 Å². The van der Waals surface area contributed by atoms with Crippen molar-refractivity contribution in [3.8, 4) is 0 Å². The molecule has 1 atom stereocenters. The second-order valence-corrected chi connectivity index (χ2v) is 5.17. The zero-order chi connectivity index (χ0) is 12.3. The average Bonchev–Trinajstić information content (AvgIpc) is 2.20. The van der Waals surface area contributed by atoms with Crippen LogP contribution in [0.4, 0.5) is 5.69 Å². The lowest BCUT2D eigenvalue weighted by Gasteiger charge is -2.30. The number of hydrogen-bond donors (Lipinski definition) is 1. The van der Waals surface area contributed by atoms with Gasteiger partial charge in [-0.25, -0.2) is 0 Å². The third-order valence-corrected chi connectivity index (χ3v) is 3.21. The first-order valence-corrected chi connectivity index (χ1v) is 6.50. The maximum atomic E-state index is 9.81. The molecule has 0 heterocycles. The van der Waals surface area contributed by atoms with Crippen LogP contribution in [0.1, 0.15) is 39.4 Å². The van der Waals surface area contributed by atoms with E-state index in [9.17, 15) is 5.11 Å². The third-order valence-electron chi connectivity index (χ3n) is 2.71. The summed E-state index contributed by atoms with van der Waals surface area (Å²) in [6.07, 6.45) is -0.444. The lowest BCUT2D eigenvalue weighted by Crippen LogP contribution is -2.31. The van der Waals surface area contributed by atoms with E-state index in [1.165, 1.54) is 0 Å². The molecular formula is C13H20BrNO. The summed E-state index contributed by atoms with van der Waals surface area (Å²) in [5.74, 6) is 0. The van der Waals surface area contributed by atoms with Gasteiger partial charge in [-0.15, -0.1) is 0 Å². The number of benzene rings is 1. The Hall–Kier alpha value is -0.540. The first kappa shape index (κ1) is 13.5. The summed E-state index contributed by atoms with van der Waals surface area (Å²) in [5.41, 5.74) is 2.10. The van der Waals surface area contributed by atoms with E-state index >= 15 is 0 Å². The van der Waals surface area contributed by atoms with E-state index in [1.54, 1.807) is 6.92 Å². The highest BCUT2D eigenvalue weighted by atomic mass is 79.9. The second kappa shape index (κ2) is 5.69. The average molecular weight is 286 g/mol. The molecule has 0 radical (unpaired) electrons. The van der Waals surface area contributed by atoms with Gasteiger partial charge in [0.2, 0.25) is 0 Å². The Morgan fingerprint density at radius 2 is 1.94 bits per heavy atom. The van der Waals surface area contributed by atoms with E-state index in [4.69, 9.17) is 0 Å². The van der Waals surface area contributed by atoms with E-state index in [0.29, 0.717) is 6.04 Å². The zero-order valence-electron chi connectivity index (χ0n) is 10.4. The van der Waals surface area contributed by atoms with Gasteiger partial charge in [0, 0.05) is 28.3 Å². The predicted molar refractivity (Wildman–Crippen MR) is 72.9 cm³/mol. The van der Waals surface area contributed by atoms with Gasteiger partial charge in [0.05, 0.1) is 6.10 Å². The Kier molecular flexibility index (Phi) is 4.81. The van der Waals surface area contributed by atoms with E-state index in [1.807, 2.05) is 12.1 Å². The molecule has 1 aromatic carbocycles. The minimum absolute atomic E-state index is 0.434. The van der Waals surface area contributed by atoms with Crippen LogP contribution in [0.3, 0.4) is 0 Å². The summed E-state index contributed by atoms with van der Waals surface area (Å²) in [7, 11) is 0. The van der Waals surface area contributed by atoms with Crippen molar-refractivity contribution in [2.45, 2.75) is 39.8 Å². The van der Waals surface area contributed by atoms with Crippen LogP contribution in [0.15, 0.2) is 22.7 Å². The molecule has 0 aliphatic heterocycles. The number of nitrogens with zero attached hydrogens (tertiary/aromatic N) is 1. The lowest BCUT2D eigenvalue weighted by atomic mass is 10.1. The van der Waals surface area contributed by atoms with Gasteiger partial charge >= 0.3 is 0 Å². The molecule has 16 heavy (non-hydrogen) atoms. The molecule has 3 heteroatoms. The fourth-order valence-electron chi connectivity index (χ4n) is 1.94. The van der Waals surface area contributed by atoms with Crippen molar-refractivity contribution >= 4 is 21.6 Å². The van der Waals surface area contributed by atoms with Crippen LogP contribution in [0.25, 0.3) is 0 Å². The van der Waals surface area contributed by atoms with Gasteiger partial charge in [-0.05, 0) is 45.9 Å². The molecule has 0 saturated heterocycles. The van der Waals surface area contributed by atoms with Gasteiger partial charge in [0.25, 0.3) is 0 Å². The summed E-state index contributed by atoms with van der Waals surface area (Å²) in [6.45, 7) is 9.21. The Labute approximate surface area is 106 Å². The number of hydrogen-bond acceptors (Lipinski definition) is 2. The maximum absolute atomic E-state index is 9.81. The highest BCUT2D eigenvalue weighted by molar-refractivity contribution is 9.10. The minimum Gasteiger partial charge on any atom is -0.389 e. The minimum atomic E-state index is -0.444. The summed E-state index contributed by atoms with van der Waals surface area (Å²) in [6, 6.07) is 6.51. The topological polar surface area (TPSA) is 23.5 Å². The molecule has 1 rings (SSSR count). The first-order chi connectivity index (χ1) is 7.47. The molecule has 0 aliphatic rings. The van der Waals surface area contributed by atoms with Crippen LogP contribution in [0.2, 0.25) is 0 Å². The highest BCUT2D eigenvalue weighted by Gasteiger charge is 2.15. The molecule has 90 valence electrons. The van der Waals surface area contributed by atoms with Gasteiger partial charge in [-0.1, -0.05) is 15.9 Å².